The number of fused-ring (bicyclic) bond motifs is 2. The van der Waals surface area contributed by atoms with Crippen LogP contribution in [0.1, 0.15) is 11.1 Å². The zero-order valence-electron chi connectivity index (χ0n) is 25.6. The number of nitrogens with zero attached hydrogens (tertiary/aromatic N) is 4. The topological polar surface area (TPSA) is 51.6 Å². The van der Waals surface area contributed by atoms with Gasteiger partial charge in [-0.3, -0.25) is 0 Å². The third kappa shape index (κ3) is 5.20. The van der Waals surface area contributed by atoms with Crippen LogP contribution in [-0.2, 0) is 0 Å². The summed E-state index contributed by atoms with van der Waals surface area (Å²) in [5.74, 6) is 0. The van der Waals surface area contributed by atoms with E-state index in [1.165, 1.54) is 11.1 Å². The first-order valence-corrected chi connectivity index (χ1v) is 15.5. The van der Waals surface area contributed by atoms with Crippen LogP contribution in [0.25, 0.3) is 78.2 Å². The fraction of sp³-hybridized carbons (Fsp3) is 0.0476. The van der Waals surface area contributed by atoms with Gasteiger partial charge < -0.3 is 0 Å². The van der Waals surface area contributed by atoms with Crippen molar-refractivity contribution in [3.05, 3.63) is 157 Å². The van der Waals surface area contributed by atoms with Crippen LogP contribution in [0.2, 0.25) is 0 Å². The average molecular weight is 591 g/mol. The van der Waals surface area contributed by atoms with Crippen molar-refractivity contribution in [1.82, 2.24) is 19.9 Å². The van der Waals surface area contributed by atoms with Gasteiger partial charge in [0.1, 0.15) is 0 Å². The maximum Gasteiger partial charge on any atom is 0.0973 e. The molecule has 0 atom stereocenters. The Balaban J connectivity index is 1.27. The van der Waals surface area contributed by atoms with Crippen LogP contribution >= 0.6 is 0 Å². The molecule has 0 aliphatic heterocycles. The predicted octanol–water partition coefficient (Wildman–Crippen LogP) is 10.5. The molecule has 0 N–H and O–H groups in total. The second-order valence-corrected chi connectivity index (χ2v) is 11.7. The fourth-order valence-corrected chi connectivity index (χ4v) is 5.89. The summed E-state index contributed by atoms with van der Waals surface area (Å²) < 4.78 is 0. The smallest absolute Gasteiger partial charge is 0.0973 e. The average Bonchev–Trinajstić information content (AvgIpc) is 3.11. The van der Waals surface area contributed by atoms with Gasteiger partial charge in [-0.15, -0.1) is 0 Å². The fourth-order valence-electron chi connectivity index (χ4n) is 5.89. The molecule has 0 aliphatic carbocycles. The Morgan fingerprint density at radius 2 is 0.587 bits per heavy atom. The highest BCUT2D eigenvalue weighted by Crippen LogP contribution is 2.35. The van der Waals surface area contributed by atoms with Crippen LogP contribution in [-0.4, -0.2) is 19.9 Å². The van der Waals surface area contributed by atoms with Gasteiger partial charge >= 0.3 is 0 Å². The molecule has 0 radical (unpaired) electrons. The molecule has 218 valence electrons. The second-order valence-electron chi connectivity index (χ2n) is 11.7. The summed E-state index contributed by atoms with van der Waals surface area (Å²) in [4.78, 5) is 20.7. The van der Waals surface area contributed by atoms with Crippen molar-refractivity contribution >= 4 is 22.1 Å². The van der Waals surface area contributed by atoms with Crippen molar-refractivity contribution in [3.63, 3.8) is 0 Å². The molecule has 0 amide bonds. The second kappa shape index (κ2) is 11.5. The van der Waals surface area contributed by atoms with E-state index in [4.69, 9.17) is 19.9 Å². The largest absolute Gasteiger partial charge is 0.244 e. The predicted molar refractivity (Wildman–Crippen MR) is 189 cm³/mol. The lowest BCUT2D eigenvalue weighted by Gasteiger charge is -2.13. The zero-order chi connectivity index (χ0) is 31.0. The van der Waals surface area contributed by atoms with Gasteiger partial charge in [-0.25, -0.2) is 19.9 Å². The van der Waals surface area contributed by atoms with Gasteiger partial charge in [-0.2, -0.15) is 0 Å². The Kier molecular flexibility index (Phi) is 6.88. The summed E-state index contributed by atoms with van der Waals surface area (Å²) in [5, 5.41) is 0. The molecule has 4 heteroatoms. The first-order valence-electron chi connectivity index (χ1n) is 15.5. The van der Waals surface area contributed by atoms with Crippen LogP contribution in [0.4, 0.5) is 0 Å². The SMILES string of the molecule is Cc1ccc(-c2nc3ccc(-c4ccc5nc(-c6ccccc6)c(-c6ccccc6)nc5c4)cc3nc2-c2ccc(C)cc2)cc1. The number of aromatic nitrogens is 4. The minimum atomic E-state index is 0.845. The Labute approximate surface area is 268 Å². The lowest BCUT2D eigenvalue weighted by Crippen LogP contribution is -1.97. The first-order chi connectivity index (χ1) is 22.6. The Morgan fingerprint density at radius 1 is 0.283 bits per heavy atom. The van der Waals surface area contributed by atoms with E-state index >= 15 is 0 Å². The van der Waals surface area contributed by atoms with Crippen molar-refractivity contribution in [1.29, 1.82) is 0 Å². The number of hydrogen-bond donors (Lipinski definition) is 0. The van der Waals surface area contributed by atoms with E-state index in [1.807, 2.05) is 36.4 Å². The maximum absolute atomic E-state index is 5.23. The number of aryl methyl sites for hydroxylation is 2. The third-order valence-electron chi connectivity index (χ3n) is 8.41. The van der Waals surface area contributed by atoms with Crippen LogP contribution in [0, 0.1) is 13.8 Å². The Morgan fingerprint density at radius 3 is 0.957 bits per heavy atom. The number of benzene rings is 6. The van der Waals surface area contributed by atoms with Crippen LogP contribution in [0.5, 0.6) is 0 Å². The van der Waals surface area contributed by atoms with Crippen molar-refractivity contribution in [3.8, 4) is 56.2 Å². The minimum absolute atomic E-state index is 0.845. The normalized spacial score (nSPS) is 11.3. The van der Waals surface area contributed by atoms with E-state index in [2.05, 4.69) is 123 Å². The molecular formula is C42H30N4. The van der Waals surface area contributed by atoms with Gasteiger partial charge in [0, 0.05) is 22.3 Å². The molecular weight excluding hydrogens is 560 g/mol. The highest BCUT2D eigenvalue weighted by atomic mass is 14.8. The molecule has 0 saturated heterocycles. The monoisotopic (exact) mass is 590 g/mol. The van der Waals surface area contributed by atoms with Crippen LogP contribution in [0.15, 0.2) is 146 Å². The van der Waals surface area contributed by atoms with Crippen LogP contribution in [0.3, 0.4) is 0 Å². The van der Waals surface area contributed by atoms with Gasteiger partial charge in [0.25, 0.3) is 0 Å². The number of hydrogen-bond acceptors (Lipinski definition) is 4. The molecule has 6 aromatic carbocycles. The highest BCUT2D eigenvalue weighted by molar-refractivity contribution is 5.92. The zero-order valence-corrected chi connectivity index (χ0v) is 25.6. The molecule has 0 aliphatic rings. The minimum Gasteiger partial charge on any atom is -0.244 e. The van der Waals surface area contributed by atoms with Crippen molar-refractivity contribution in [2.24, 2.45) is 0 Å². The lowest BCUT2D eigenvalue weighted by molar-refractivity contribution is 1.28. The summed E-state index contributed by atoms with van der Waals surface area (Å²) in [6.07, 6.45) is 0. The number of rotatable bonds is 5. The van der Waals surface area contributed by atoms with Crippen LogP contribution < -0.4 is 0 Å². The van der Waals surface area contributed by atoms with E-state index < -0.39 is 0 Å². The van der Waals surface area contributed by atoms with Gasteiger partial charge in [-0.1, -0.05) is 132 Å². The van der Waals surface area contributed by atoms with E-state index in [1.54, 1.807) is 0 Å². The molecule has 2 heterocycles. The molecule has 8 rings (SSSR count). The summed E-state index contributed by atoms with van der Waals surface area (Å²) in [6.45, 7) is 4.20. The summed E-state index contributed by atoms with van der Waals surface area (Å²) in [6, 6.07) is 50.2. The van der Waals surface area contributed by atoms with Gasteiger partial charge in [0.05, 0.1) is 44.8 Å². The Bertz CT molecular complexity index is 2350. The quantitative estimate of drug-likeness (QED) is 0.200. The summed E-state index contributed by atoms with van der Waals surface area (Å²) >= 11 is 0. The Hall–Kier alpha value is -6.00. The molecule has 0 saturated carbocycles. The maximum atomic E-state index is 5.23. The van der Waals surface area contributed by atoms with E-state index in [0.29, 0.717) is 0 Å². The van der Waals surface area contributed by atoms with Gasteiger partial charge in [0.15, 0.2) is 0 Å². The third-order valence-corrected chi connectivity index (χ3v) is 8.41. The molecule has 8 aromatic rings. The molecule has 4 nitrogen and oxygen atoms in total. The van der Waals surface area contributed by atoms with Crippen molar-refractivity contribution in [2.45, 2.75) is 13.8 Å². The van der Waals surface area contributed by atoms with E-state index in [9.17, 15) is 0 Å². The molecule has 2 aromatic heterocycles. The van der Waals surface area contributed by atoms with E-state index in [-0.39, 0.29) is 0 Å². The molecule has 0 spiro atoms. The van der Waals surface area contributed by atoms with Gasteiger partial charge in [-0.05, 0) is 49.2 Å². The molecule has 0 unspecified atom stereocenters. The first kappa shape index (κ1) is 27.5. The van der Waals surface area contributed by atoms with Crippen molar-refractivity contribution < 1.29 is 0 Å². The lowest BCUT2D eigenvalue weighted by atomic mass is 10.00. The molecule has 0 fully saturated rings. The highest BCUT2D eigenvalue weighted by Gasteiger charge is 2.16. The van der Waals surface area contributed by atoms with Crippen molar-refractivity contribution in [2.75, 3.05) is 0 Å². The molecule has 0 bridgehead atoms. The molecule has 46 heavy (non-hydrogen) atoms. The summed E-state index contributed by atoms with van der Waals surface area (Å²) in [7, 11) is 0. The summed E-state index contributed by atoms with van der Waals surface area (Å²) in [5.41, 5.74) is 15.6. The van der Waals surface area contributed by atoms with E-state index in [0.717, 1.165) is 78.2 Å². The standard InChI is InChI=1S/C42H30N4/c1-27-13-17-31(18-14-27)41-42(32-19-15-28(2)16-20-32)46-38-26-34(22-24-36(38)44-41)33-21-23-35-37(25-33)45-40(30-11-7-4-8-12-30)39(43-35)29-9-5-3-6-10-29/h3-26H,1-2H3. The van der Waals surface area contributed by atoms with Gasteiger partial charge in [0.2, 0.25) is 0 Å².